The fourth-order valence-electron chi connectivity index (χ4n) is 3.53. The molecule has 30 heavy (non-hydrogen) atoms. The molecule has 0 saturated heterocycles. The van der Waals surface area contributed by atoms with Crippen LogP contribution in [0.1, 0.15) is 30.3 Å². The number of aromatic hydroxyl groups is 1. The molecule has 3 aromatic carbocycles. The van der Waals surface area contributed by atoms with E-state index in [1.807, 2.05) is 61.5 Å². The summed E-state index contributed by atoms with van der Waals surface area (Å²) in [5.74, 6) is 1.63. The van der Waals surface area contributed by atoms with Crippen LogP contribution in [0.3, 0.4) is 0 Å². The van der Waals surface area contributed by atoms with Crippen molar-refractivity contribution in [2.45, 2.75) is 31.3 Å². The number of aliphatic hydroxyl groups is 1. The third-order valence-corrected chi connectivity index (χ3v) is 5.20. The number of aliphatic hydroxyl groups excluding tert-OH is 1. The van der Waals surface area contributed by atoms with Gasteiger partial charge in [0.05, 0.1) is 6.10 Å². The minimum atomic E-state index is -0.706. The van der Waals surface area contributed by atoms with Crippen LogP contribution in [0.5, 0.6) is 17.2 Å². The van der Waals surface area contributed by atoms with E-state index in [1.165, 1.54) is 0 Å². The molecule has 0 spiro atoms. The summed E-state index contributed by atoms with van der Waals surface area (Å²) in [5.41, 5.74) is 1.79. The van der Waals surface area contributed by atoms with Crippen LogP contribution < -0.4 is 14.8 Å². The highest BCUT2D eigenvalue weighted by molar-refractivity contribution is 5.85. The zero-order valence-electron chi connectivity index (χ0n) is 16.6. The fraction of sp³-hybridized carbons (Fsp3) is 0.250. The van der Waals surface area contributed by atoms with Gasteiger partial charge in [0.2, 0.25) is 0 Å². The Morgan fingerprint density at radius 1 is 0.867 bits per heavy atom. The van der Waals surface area contributed by atoms with Crippen LogP contribution in [0.2, 0.25) is 0 Å². The van der Waals surface area contributed by atoms with Gasteiger partial charge in [-0.2, -0.15) is 0 Å². The number of hydrogen-bond donors (Lipinski definition) is 3. The van der Waals surface area contributed by atoms with Crippen molar-refractivity contribution in [3.05, 3.63) is 90.0 Å². The van der Waals surface area contributed by atoms with Crippen LogP contribution in [-0.2, 0) is 0 Å². The summed E-state index contributed by atoms with van der Waals surface area (Å²) < 4.78 is 12.5. The number of fused-ring (bicyclic) bond motifs is 1. The predicted molar refractivity (Wildman–Crippen MR) is 118 cm³/mol. The Labute approximate surface area is 182 Å². The first-order valence-electron chi connectivity index (χ1n) is 9.79. The molecule has 0 bridgehead atoms. The van der Waals surface area contributed by atoms with Crippen molar-refractivity contribution in [1.82, 2.24) is 5.32 Å². The number of hydrogen-bond acceptors (Lipinski definition) is 5. The highest BCUT2D eigenvalue weighted by atomic mass is 35.5. The number of benzene rings is 3. The molecule has 0 aromatic heterocycles. The van der Waals surface area contributed by atoms with Crippen LogP contribution in [0.4, 0.5) is 0 Å². The lowest BCUT2D eigenvalue weighted by Crippen LogP contribution is -2.45. The maximum Gasteiger partial charge on any atom is 0.162 e. The molecule has 0 amide bonds. The summed E-state index contributed by atoms with van der Waals surface area (Å²) >= 11 is 0. The van der Waals surface area contributed by atoms with E-state index in [0.29, 0.717) is 6.54 Å². The molecule has 158 valence electrons. The molecule has 1 heterocycles. The Hall–Kier alpha value is -2.73. The molecule has 1 aliphatic rings. The maximum atomic E-state index is 10.6. The molecule has 5 nitrogen and oxygen atoms in total. The van der Waals surface area contributed by atoms with E-state index in [-0.39, 0.29) is 36.4 Å². The monoisotopic (exact) mass is 427 g/mol. The number of phenols is 1. The van der Waals surface area contributed by atoms with Crippen molar-refractivity contribution >= 4 is 12.4 Å². The Bertz CT molecular complexity index is 935. The number of nitrogens with one attached hydrogen (secondary N) is 1. The van der Waals surface area contributed by atoms with Crippen molar-refractivity contribution in [1.29, 1.82) is 0 Å². The van der Waals surface area contributed by atoms with Crippen molar-refractivity contribution in [2.24, 2.45) is 0 Å². The average molecular weight is 428 g/mol. The summed E-state index contributed by atoms with van der Waals surface area (Å²) in [6.45, 7) is 2.43. The van der Waals surface area contributed by atoms with Gasteiger partial charge < -0.3 is 25.0 Å². The highest BCUT2D eigenvalue weighted by Crippen LogP contribution is 2.39. The van der Waals surface area contributed by atoms with E-state index >= 15 is 0 Å². The molecule has 0 aliphatic carbocycles. The van der Waals surface area contributed by atoms with Gasteiger partial charge in [-0.15, -0.1) is 12.4 Å². The van der Waals surface area contributed by atoms with Crippen molar-refractivity contribution < 1.29 is 19.7 Å². The minimum Gasteiger partial charge on any atom is -0.508 e. The van der Waals surface area contributed by atoms with Crippen molar-refractivity contribution in [3.63, 3.8) is 0 Å². The van der Waals surface area contributed by atoms with Gasteiger partial charge in [0, 0.05) is 12.6 Å². The number of ether oxygens (including phenoxy) is 2. The lowest BCUT2D eigenvalue weighted by atomic mass is 10.0. The molecule has 4 rings (SSSR count). The fourth-order valence-corrected chi connectivity index (χ4v) is 3.53. The van der Waals surface area contributed by atoms with Crippen molar-refractivity contribution in [3.8, 4) is 17.2 Å². The molecule has 0 saturated carbocycles. The quantitative estimate of drug-likeness (QED) is 0.543. The zero-order chi connectivity index (χ0) is 20.2. The summed E-state index contributed by atoms with van der Waals surface area (Å²) in [6, 6.07) is 24.1. The van der Waals surface area contributed by atoms with Gasteiger partial charge in [-0.05, 0) is 42.3 Å². The van der Waals surface area contributed by atoms with Crippen LogP contribution >= 0.6 is 12.4 Å². The second-order valence-corrected chi connectivity index (χ2v) is 7.29. The lowest BCUT2D eigenvalue weighted by Gasteiger charge is -2.35. The number of halogens is 1. The molecule has 0 radical (unpaired) electrons. The lowest BCUT2D eigenvalue weighted by molar-refractivity contribution is 0.0151. The van der Waals surface area contributed by atoms with Crippen LogP contribution in [0.15, 0.2) is 78.9 Å². The largest absolute Gasteiger partial charge is 0.508 e. The van der Waals surface area contributed by atoms with Gasteiger partial charge in [-0.25, -0.2) is 0 Å². The second-order valence-electron chi connectivity index (χ2n) is 7.29. The van der Waals surface area contributed by atoms with Crippen LogP contribution in [-0.4, -0.2) is 28.9 Å². The van der Waals surface area contributed by atoms with Gasteiger partial charge >= 0.3 is 0 Å². The highest BCUT2D eigenvalue weighted by Gasteiger charge is 2.33. The van der Waals surface area contributed by atoms with Gasteiger partial charge in [0.25, 0.3) is 0 Å². The molecule has 3 N–H and O–H groups in total. The number of rotatable bonds is 6. The van der Waals surface area contributed by atoms with Gasteiger partial charge in [0.1, 0.15) is 5.75 Å². The predicted octanol–water partition coefficient (Wildman–Crippen LogP) is 4.41. The van der Waals surface area contributed by atoms with Crippen molar-refractivity contribution in [2.75, 3.05) is 6.54 Å². The SMILES string of the molecule is CC(NCC1Oc2ccccc2OC1c1ccccc1)C(O)c1ccc(O)cc1.Cl. The molecular weight excluding hydrogens is 402 g/mol. The smallest absolute Gasteiger partial charge is 0.162 e. The number of para-hydroxylation sites is 2. The average Bonchev–Trinajstić information content (AvgIpc) is 2.77. The van der Waals surface area contributed by atoms with E-state index in [0.717, 1.165) is 22.6 Å². The topological polar surface area (TPSA) is 71.0 Å². The Kier molecular flexibility index (Phi) is 7.21. The van der Waals surface area contributed by atoms with Gasteiger partial charge in [-0.3, -0.25) is 0 Å². The first-order chi connectivity index (χ1) is 14.1. The minimum absolute atomic E-state index is 0. The molecular formula is C24H26ClNO4. The van der Waals surface area contributed by atoms with Crippen LogP contribution in [0, 0.1) is 0 Å². The standard InChI is InChI=1S/C24H25NO4.ClH/c1-16(23(27)17-11-13-19(26)14-12-17)25-15-22-24(18-7-3-2-4-8-18)29-21-10-6-5-9-20(21)28-22;/h2-14,16,22-27H,15H2,1H3;1H. The molecule has 4 unspecified atom stereocenters. The van der Waals surface area contributed by atoms with E-state index in [1.54, 1.807) is 24.3 Å². The second kappa shape index (κ2) is 9.85. The molecule has 1 aliphatic heterocycles. The maximum absolute atomic E-state index is 10.6. The Balaban J connectivity index is 0.00000256. The first-order valence-corrected chi connectivity index (χ1v) is 9.79. The molecule has 4 atom stereocenters. The first kappa shape index (κ1) is 22.0. The summed E-state index contributed by atoms with van der Waals surface area (Å²) in [5, 5.41) is 23.5. The van der Waals surface area contributed by atoms with E-state index < -0.39 is 6.10 Å². The summed E-state index contributed by atoms with van der Waals surface area (Å²) in [4.78, 5) is 0. The van der Waals surface area contributed by atoms with Crippen LogP contribution in [0.25, 0.3) is 0 Å². The Morgan fingerprint density at radius 3 is 2.13 bits per heavy atom. The molecule has 0 fully saturated rings. The van der Waals surface area contributed by atoms with Gasteiger partial charge in [0.15, 0.2) is 23.7 Å². The Morgan fingerprint density at radius 2 is 1.47 bits per heavy atom. The molecule has 6 heteroatoms. The number of phenolic OH excluding ortho intramolecular Hbond substituents is 1. The normalized spacial score (nSPS) is 19.4. The summed E-state index contributed by atoms with van der Waals surface area (Å²) in [7, 11) is 0. The zero-order valence-corrected chi connectivity index (χ0v) is 17.5. The van der Waals surface area contributed by atoms with E-state index in [4.69, 9.17) is 9.47 Å². The third-order valence-electron chi connectivity index (χ3n) is 5.20. The van der Waals surface area contributed by atoms with E-state index in [9.17, 15) is 10.2 Å². The van der Waals surface area contributed by atoms with Gasteiger partial charge in [-0.1, -0.05) is 54.6 Å². The molecule has 3 aromatic rings. The summed E-state index contributed by atoms with van der Waals surface area (Å²) in [6.07, 6.45) is -1.21. The van der Waals surface area contributed by atoms with E-state index in [2.05, 4.69) is 5.32 Å². The third kappa shape index (κ3) is 4.87.